The highest BCUT2D eigenvalue weighted by Gasteiger charge is 2.16. The van der Waals surface area contributed by atoms with Crippen molar-refractivity contribution in [2.45, 2.75) is 13.0 Å². The highest BCUT2D eigenvalue weighted by molar-refractivity contribution is 7.15. The van der Waals surface area contributed by atoms with Crippen LogP contribution in [0, 0.1) is 6.92 Å². The standard InChI is InChI=1S/C21H18ClN3OS/c1-12-3-10-18(27-12)15-11-19(26)25(2)17-9-8-16(24-21(15)17)20(23)13-4-6-14(22)7-5-13/h3-11,20H,23H2,1-2H3. The lowest BCUT2D eigenvalue weighted by Gasteiger charge is -2.15. The zero-order valence-corrected chi connectivity index (χ0v) is 16.5. The quantitative estimate of drug-likeness (QED) is 0.548. The molecule has 0 aliphatic carbocycles. The topological polar surface area (TPSA) is 60.9 Å². The molecule has 0 fully saturated rings. The summed E-state index contributed by atoms with van der Waals surface area (Å²) in [5, 5.41) is 0.669. The molecule has 0 saturated carbocycles. The molecule has 0 bridgehead atoms. The Bertz CT molecular complexity index is 1190. The van der Waals surface area contributed by atoms with Crippen LogP contribution in [-0.4, -0.2) is 9.55 Å². The minimum Gasteiger partial charge on any atom is -0.319 e. The normalized spacial score (nSPS) is 12.4. The van der Waals surface area contributed by atoms with Gasteiger partial charge in [0.2, 0.25) is 0 Å². The minimum absolute atomic E-state index is 0.0555. The van der Waals surface area contributed by atoms with Gasteiger partial charge in [-0.3, -0.25) is 4.79 Å². The van der Waals surface area contributed by atoms with Gasteiger partial charge in [0.1, 0.15) is 0 Å². The molecule has 4 aromatic rings. The smallest absolute Gasteiger partial charge is 0.251 e. The van der Waals surface area contributed by atoms with Gasteiger partial charge in [0.05, 0.1) is 22.8 Å². The minimum atomic E-state index is -0.373. The van der Waals surface area contributed by atoms with Crippen LogP contribution in [0.5, 0.6) is 0 Å². The summed E-state index contributed by atoms with van der Waals surface area (Å²) in [6.45, 7) is 2.05. The Morgan fingerprint density at radius 3 is 2.52 bits per heavy atom. The summed E-state index contributed by atoms with van der Waals surface area (Å²) in [7, 11) is 1.76. The zero-order chi connectivity index (χ0) is 19.1. The van der Waals surface area contributed by atoms with Crippen LogP contribution in [0.3, 0.4) is 0 Å². The number of rotatable bonds is 3. The van der Waals surface area contributed by atoms with Crippen LogP contribution < -0.4 is 11.3 Å². The van der Waals surface area contributed by atoms with Crippen molar-refractivity contribution in [1.29, 1.82) is 0 Å². The second kappa shape index (κ2) is 6.93. The fourth-order valence-electron chi connectivity index (χ4n) is 3.12. The number of aromatic nitrogens is 2. The number of halogens is 1. The van der Waals surface area contributed by atoms with Crippen LogP contribution in [-0.2, 0) is 7.05 Å². The van der Waals surface area contributed by atoms with Crippen molar-refractivity contribution in [2.24, 2.45) is 12.8 Å². The second-order valence-corrected chi connectivity index (χ2v) is 8.22. The third-order valence-corrected chi connectivity index (χ3v) is 5.95. The van der Waals surface area contributed by atoms with Crippen LogP contribution in [0.25, 0.3) is 21.5 Å². The monoisotopic (exact) mass is 395 g/mol. The Kier molecular flexibility index (Phi) is 4.60. The van der Waals surface area contributed by atoms with Gasteiger partial charge in [-0.2, -0.15) is 0 Å². The van der Waals surface area contributed by atoms with Gasteiger partial charge in [-0.1, -0.05) is 23.7 Å². The molecule has 27 heavy (non-hydrogen) atoms. The molecule has 1 unspecified atom stereocenters. The lowest BCUT2D eigenvalue weighted by Crippen LogP contribution is -2.18. The summed E-state index contributed by atoms with van der Waals surface area (Å²) >= 11 is 7.62. The van der Waals surface area contributed by atoms with E-state index in [0.29, 0.717) is 5.02 Å². The molecule has 4 nitrogen and oxygen atoms in total. The predicted molar refractivity (Wildman–Crippen MR) is 113 cm³/mol. The number of thiophene rings is 1. The summed E-state index contributed by atoms with van der Waals surface area (Å²) in [5.74, 6) is 0. The molecule has 0 spiro atoms. The molecular weight excluding hydrogens is 378 g/mol. The first-order chi connectivity index (χ1) is 12.9. The zero-order valence-electron chi connectivity index (χ0n) is 14.9. The number of nitrogens with two attached hydrogens (primary N) is 1. The van der Waals surface area contributed by atoms with Gasteiger partial charge in [-0.05, 0) is 48.9 Å². The Morgan fingerprint density at radius 2 is 1.85 bits per heavy atom. The Morgan fingerprint density at radius 1 is 1.11 bits per heavy atom. The number of pyridine rings is 2. The molecule has 0 amide bonds. The maximum absolute atomic E-state index is 12.4. The van der Waals surface area contributed by atoms with Crippen molar-refractivity contribution in [1.82, 2.24) is 9.55 Å². The molecule has 1 aromatic carbocycles. The third kappa shape index (κ3) is 3.30. The molecule has 0 aliphatic rings. The Labute approximate surface area is 165 Å². The van der Waals surface area contributed by atoms with Crippen LogP contribution in [0.15, 0.2) is 59.4 Å². The summed E-state index contributed by atoms with van der Waals surface area (Å²) in [4.78, 5) is 19.5. The molecule has 3 aromatic heterocycles. The van der Waals surface area contributed by atoms with Gasteiger partial charge in [0, 0.05) is 33.5 Å². The highest BCUT2D eigenvalue weighted by atomic mass is 35.5. The van der Waals surface area contributed by atoms with Gasteiger partial charge in [-0.15, -0.1) is 11.3 Å². The van der Waals surface area contributed by atoms with Gasteiger partial charge in [-0.25, -0.2) is 4.98 Å². The van der Waals surface area contributed by atoms with Crippen molar-refractivity contribution in [3.8, 4) is 10.4 Å². The average molecular weight is 396 g/mol. The number of hydrogen-bond acceptors (Lipinski definition) is 4. The summed E-state index contributed by atoms with van der Waals surface area (Å²) < 4.78 is 1.61. The van der Waals surface area contributed by atoms with Gasteiger partial charge in [0.25, 0.3) is 5.56 Å². The molecule has 0 saturated heterocycles. The summed E-state index contributed by atoms with van der Waals surface area (Å²) in [6.07, 6.45) is 0. The average Bonchev–Trinajstić information content (AvgIpc) is 3.10. The van der Waals surface area contributed by atoms with Crippen molar-refractivity contribution in [3.05, 3.63) is 86.1 Å². The lowest BCUT2D eigenvalue weighted by molar-refractivity contribution is 0.831. The molecule has 1 atom stereocenters. The first-order valence-electron chi connectivity index (χ1n) is 8.52. The van der Waals surface area contributed by atoms with Crippen molar-refractivity contribution in [3.63, 3.8) is 0 Å². The van der Waals surface area contributed by atoms with Gasteiger partial charge < -0.3 is 10.3 Å². The van der Waals surface area contributed by atoms with Crippen LogP contribution in [0.2, 0.25) is 5.02 Å². The lowest BCUT2D eigenvalue weighted by atomic mass is 10.0. The van der Waals surface area contributed by atoms with Crippen molar-refractivity contribution < 1.29 is 0 Å². The van der Waals surface area contributed by atoms with Gasteiger partial charge >= 0.3 is 0 Å². The number of nitrogens with zero attached hydrogens (tertiary/aromatic N) is 2. The third-order valence-electron chi connectivity index (χ3n) is 4.66. The maximum atomic E-state index is 12.4. The maximum Gasteiger partial charge on any atom is 0.251 e. The highest BCUT2D eigenvalue weighted by Crippen LogP contribution is 2.32. The van der Waals surface area contributed by atoms with E-state index in [1.54, 1.807) is 29.0 Å². The molecule has 0 radical (unpaired) electrons. The van der Waals surface area contributed by atoms with Crippen LogP contribution in [0.4, 0.5) is 0 Å². The van der Waals surface area contributed by atoms with E-state index >= 15 is 0 Å². The van der Waals surface area contributed by atoms with E-state index in [9.17, 15) is 4.79 Å². The molecule has 3 heterocycles. The van der Waals surface area contributed by atoms with Crippen molar-refractivity contribution >= 4 is 34.0 Å². The largest absolute Gasteiger partial charge is 0.319 e. The fraction of sp³-hybridized carbons (Fsp3) is 0.143. The number of hydrogen-bond donors (Lipinski definition) is 1. The fourth-order valence-corrected chi connectivity index (χ4v) is 4.13. The molecule has 6 heteroatoms. The summed E-state index contributed by atoms with van der Waals surface area (Å²) in [6, 6.07) is 16.6. The van der Waals surface area contributed by atoms with E-state index < -0.39 is 0 Å². The van der Waals surface area contributed by atoms with Crippen LogP contribution in [0.1, 0.15) is 22.2 Å². The molecular formula is C21H18ClN3OS. The van der Waals surface area contributed by atoms with E-state index in [-0.39, 0.29) is 11.6 Å². The Balaban J connectivity index is 1.91. The predicted octanol–water partition coefficient (Wildman–Crippen LogP) is 4.67. The summed E-state index contributed by atoms with van der Waals surface area (Å²) in [5.41, 5.74) is 10.5. The Hall–Kier alpha value is -2.47. The van der Waals surface area contributed by atoms with Gasteiger partial charge in [0.15, 0.2) is 0 Å². The van der Waals surface area contributed by atoms with Crippen LogP contribution >= 0.6 is 22.9 Å². The van der Waals surface area contributed by atoms with E-state index in [2.05, 4.69) is 0 Å². The van der Waals surface area contributed by atoms with Crippen molar-refractivity contribution in [2.75, 3.05) is 0 Å². The number of aryl methyl sites for hydroxylation is 2. The van der Waals surface area contributed by atoms with E-state index in [0.717, 1.165) is 32.7 Å². The first-order valence-corrected chi connectivity index (χ1v) is 9.72. The van der Waals surface area contributed by atoms with E-state index in [1.807, 2.05) is 55.5 Å². The molecule has 0 aliphatic heterocycles. The second-order valence-electron chi connectivity index (χ2n) is 6.50. The first kappa shape index (κ1) is 17.9. The molecule has 2 N–H and O–H groups in total. The SMILES string of the molecule is Cc1ccc(-c2cc(=O)n(C)c3ccc(C(N)c4ccc(Cl)cc4)nc23)s1. The van der Waals surface area contributed by atoms with E-state index in [4.69, 9.17) is 22.3 Å². The van der Waals surface area contributed by atoms with E-state index in [1.165, 1.54) is 4.88 Å². The number of benzene rings is 1. The molecule has 4 rings (SSSR count). The molecule has 136 valence electrons. The number of fused-ring (bicyclic) bond motifs is 1.